The van der Waals surface area contributed by atoms with Gasteiger partial charge in [-0.1, -0.05) is 12.1 Å². The van der Waals surface area contributed by atoms with Gasteiger partial charge in [-0.05, 0) is 49.6 Å². The van der Waals surface area contributed by atoms with Crippen LogP contribution in [0.3, 0.4) is 0 Å². The lowest BCUT2D eigenvalue weighted by atomic mass is 9.96. The number of carbonyl (C=O) groups is 2. The van der Waals surface area contributed by atoms with Gasteiger partial charge in [0.25, 0.3) is 11.8 Å². The monoisotopic (exact) mass is 448 g/mol. The molecule has 0 saturated carbocycles. The van der Waals surface area contributed by atoms with Crippen LogP contribution >= 0.6 is 0 Å². The number of pyridine rings is 1. The van der Waals surface area contributed by atoms with E-state index in [-0.39, 0.29) is 30.1 Å². The van der Waals surface area contributed by atoms with Crippen molar-refractivity contribution in [3.05, 3.63) is 82.8 Å². The van der Waals surface area contributed by atoms with E-state index in [2.05, 4.69) is 20.3 Å². The molecule has 1 fully saturated rings. The Balaban J connectivity index is 1.41. The molecule has 33 heavy (non-hydrogen) atoms. The molecule has 1 aliphatic rings. The Morgan fingerprint density at radius 2 is 1.94 bits per heavy atom. The van der Waals surface area contributed by atoms with Gasteiger partial charge in [0.15, 0.2) is 0 Å². The van der Waals surface area contributed by atoms with Crippen molar-refractivity contribution < 1.29 is 14.0 Å². The van der Waals surface area contributed by atoms with Crippen molar-refractivity contribution in [3.63, 3.8) is 0 Å². The van der Waals surface area contributed by atoms with Crippen molar-refractivity contribution in [2.75, 3.05) is 18.8 Å². The molecule has 0 bridgehead atoms. The molecule has 1 atom stereocenters. The maximum atomic E-state index is 13.0. The average Bonchev–Trinajstić information content (AvgIpc) is 2.83. The van der Waals surface area contributed by atoms with E-state index in [4.69, 9.17) is 5.73 Å². The largest absolute Gasteiger partial charge is 0.384 e. The number of nitrogen functional groups attached to an aromatic ring is 1. The number of nitrogens with zero attached hydrogens (tertiary/aromatic N) is 4. The Kier molecular flexibility index (Phi) is 6.58. The summed E-state index contributed by atoms with van der Waals surface area (Å²) >= 11 is 0. The molecule has 0 radical (unpaired) electrons. The second kappa shape index (κ2) is 9.72. The van der Waals surface area contributed by atoms with Crippen LogP contribution in [0.1, 0.15) is 56.6 Å². The third-order valence-electron chi connectivity index (χ3n) is 5.72. The number of hydrogen-bond acceptors (Lipinski definition) is 6. The van der Waals surface area contributed by atoms with Gasteiger partial charge in [-0.15, -0.1) is 0 Å². The lowest BCUT2D eigenvalue weighted by Gasteiger charge is -2.32. The standard InChI is InChI=1S/C24H25FN6O2/c1-15-20(23(32)29-11-16-4-7-19(25)8-5-16)13-28-22(30-15)18-3-2-10-31(14-18)24(33)17-6-9-21(26)27-12-17/h4-9,12-13,18H,2-3,10-11,14H2,1H3,(H2,26,27)(H,29,32)/t18-/m1/s1. The fraction of sp³-hybridized carbons (Fsp3) is 0.292. The second-order valence-electron chi connectivity index (χ2n) is 8.10. The van der Waals surface area contributed by atoms with E-state index < -0.39 is 0 Å². The summed E-state index contributed by atoms with van der Waals surface area (Å²) in [6.45, 7) is 3.20. The Hall–Kier alpha value is -3.88. The number of aromatic nitrogens is 3. The number of rotatable bonds is 5. The Labute approximate surface area is 191 Å². The van der Waals surface area contributed by atoms with E-state index >= 15 is 0 Å². The number of amides is 2. The summed E-state index contributed by atoms with van der Waals surface area (Å²) in [7, 11) is 0. The first kappa shape index (κ1) is 22.3. The first-order valence-electron chi connectivity index (χ1n) is 10.8. The molecule has 4 rings (SSSR count). The minimum Gasteiger partial charge on any atom is -0.384 e. The predicted molar refractivity (Wildman–Crippen MR) is 121 cm³/mol. The Morgan fingerprint density at radius 3 is 2.64 bits per heavy atom. The van der Waals surface area contributed by atoms with Crippen LogP contribution in [0.15, 0.2) is 48.8 Å². The Bertz CT molecular complexity index is 1150. The quantitative estimate of drug-likeness (QED) is 0.620. The predicted octanol–water partition coefficient (Wildman–Crippen LogP) is 2.85. The van der Waals surface area contributed by atoms with E-state index in [0.29, 0.717) is 41.6 Å². The van der Waals surface area contributed by atoms with Gasteiger partial charge in [-0.2, -0.15) is 0 Å². The fourth-order valence-corrected chi connectivity index (χ4v) is 3.87. The number of likely N-dealkylation sites (tertiary alicyclic amines) is 1. The van der Waals surface area contributed by atoms with Crippen LogP contribution < -0.4 is 11.1 Å². The van der Waals surface area contributed by atoms with Gasteiger partial charge in [0, 0.05) is 37.9 Å². The topological polar surface area (TPSA) is 114 Å². The zero-order valence-electron chi connectivity index (χ0n) is 18.3. The van der Waals surface area contributed by atoms with Crippen LogP contribution in [0, 0.1) is 12.7 Å². The summed E-state index contributed by atoms with van der Waals surface area (Å²) in [5.74, 6) is 0.266. The number of nitrogens with two attached hydrogens (primary N) is 1. The molecule has 1 saturated heterocycles. The number of halogens is 1. The van der Waals surface area contributed by atoms with Crippen molar-refractivity contribution in [2.45, 2.75) is 32.2 Å². The molecule has 0 aliphatic carbocycles. The molecule has 2 amide bonds. The van der Waals surface area contributed by atoms with E-state index in [1.54, 1.807) is 36.1 Å². The molecular formula is C24H25FN6O2. The highest BCUT2D eigenvalue weighted by Gasteiger charge is 2.28. The zero-order valence-corrected chi connectivity index (χ0v) is 18.3. The first-order chi connectivity index (χ1) is 15.9. The summed E-state index contributed by atoms with van der Waals surface area (Å²) in [6.07, 6.45) is 4.71. The molecule has 3 aromatic rings. The highest BCUT2D eigenvalue weighted by molar-refractivity contribution is 5.95. The van der Waals surface area contributed by atoms with Gasteiger partial charge in [-0.25, -0.2) is 19.3 Å². The molecule has 0 spiro atoms. The molecule has 3 heterocycles. The number of carbonyl (C=O) groups excluding carboxylic acids is 2. The van der Waals surface area contributed by atoms with Gasteiger partial charge in [0.1, 0.15) is 17.5 Å². The number of benzene rings is 1. The van der Waals surface area contributed by atoms with Gasteiger partial charge >= 0.3 is 0 Å². The smallest absolute Gasteiger partial charge is 0.255 e. The fourth-order valence-electron chi connectivity index (χ4n) is 3.87. The molecule has 1 aromatic carbocycles. The normalized spacial score (nSPS) is 15.8. The molecule has 170 valence electrons. The van der Waals surface area contributed by atoms with E-state index in [0.717, 1.165) is 18.4 Å². The minimum atomic E-state index is -0.321. The molecule has 9 heteroatoms. The zero-order chi connectivity index (χ0) is 23.4. The summed E-state index contributed by atoms with van der Waals surface area (Å²) in [6, 6.07) is 9.24. The molecule has 0 unspecified atom stereocenters. The van der Waals surface area contributed by atoms with Crippen LogP contribution in [-0.4, -0.2) is 44.8 Å². The first-order valence-corrected chi connectivity index (χ1v) is 10.8. The molecular weight excluding hydrogens is 423 g/mol. The SMILES string of the molecule is Cc1nc([C@@H]2CCCN(C(=O)c3ccc(N)nc3)C2)ncc1C(=O)NCc1ccc(F)cc1. The Morgan fingerprint density at radius 1 is 1.15 bits per heavy atom. The third-order valence-corrected chi connectivity index (χ3v) is 5.72. The van der Waals surface area contributed by atoms with Crippen molar-refractivity contribution in [2.24, 2.45) is 0 Å². The number of hydrogen-bond donors (Lipinski definition) is 2. The summed E-state index contributed by atoms with van der Waals surface area (Å²) in [5.41, 5.74) is 7.86. The average molecular weight is 449 g/mol. The highest BCUT2D eigenvalue weighted by Crippen LogP contribution is 2.26. The summed E-state index contributed by atoms with van der Waals surface area (Å²) < 4.78 is 13.0. The van der Waals surface area contributed by atoms with Crippen LogP contribution in [-0.2, 0) is 6.54 Å². The van der Waals surface area contributed by atoms with E-state index in [1.165, 1.54) is 24.5 Å². The van der Waals surface area contributed by atoms with E-state index in [1.807, 2.05) is 0 Å². The van der Waals surface area contributed by atoms with Crippen molar-refractivity contribution >= 4 is 17.6 Å². The van der Waals surface area contributed by atoms with Crippen LogP contribution in [0.25, 0.3) is 0 Å². The number of aryl methyl sites for hydroxylation is 1. The molecule has 2 aromatic heterocycles. The maximum Gasteiger partial charge on any atom is 0.255 e. The lowest BCUT2D eigenvalue weighted by Crippen LogP contribution is -2.39. The van der Waals surface area contributed by atoms with Gasteiger partial charge in [0.2, 0.25) is 0 Å². The number of piperidine rings is 1. The van der Waals surface area contributed by atoms with Gasteiger partial charge in [-0.3, -0.25) is 9.59 Å². The second-order valence-corrected chi connectivity index (χ2v) is 8.10. The van der Waals surface area contributed by atoms with Crippen molar-refractivity contribution in [3.8, 4) is 0 Å². The van der Waals surface area contributed by atoms with Crippen molar-refractivity contribution in [1.29, 1.82) is 0 Å². The third kappa shape index (κ3) is 5.31. The van der Waals surface area contributed by atoms with Crippen LogP contribution in [0.5, 0.6) is 0 Å². The van der Waals surface area contributed by atoms with Gasteiger partial charge in [0.05, 0.1) is 16.8 Å². The maximum absolute atomic E-state index is 13.0. The van der Waals surface area contributed by atoms with Gasteiger partial charge < -0.3 is 16.0 Å². The van der Waals surface area contributed by atoms with Crippen LogP contribution in [0.4, 0.5) is 10.2 Å². The highest BCUT2D eigenvalue weighted by atomic mass is 19.1. The molecule has 1 aliphatic heterocycles. The molecule has 8 nitrogen and oxygen atoms in total. The van der Waals surface area contributed by atoms with E-state index in [9.17, 15) is 14.0 Å². The lowest BCUT2D eigenvalue weighted by molar-refractivity contribution is 0.0704. The minimum absolute atomic E-state index is 0.0144. The molecule has 3 N–H and O–H groups in total. The van der Waals surface area contributed by atoms with Crippen LogP contribution in [0.2, 0.25) is 0 Å². The summed E-state index contributed by atoms with van der Waals surface area (Å²) in [4.78, 5) is 40.2. The van der Waals surface area contributed by atoms with Crippen molar-refractivity contribution in [1.82, 2.24) is 25.2 Å². The number of nitrogens with one attached hydrogen (secondary N) is 1. The summed E-state index contributed by atoms with van der Waals surface area (Å²) in [5, 5.41) is 2.81. The number of anilines is 1.